The molecule has 1 aromatic carbocycles. The third-order valence-corrected chi connectivity index (χ3v) is 6.08. The van der Waals surface area contributed by atoms with Crippen molar-refractivity contribution in [1.82, 2.24) is 29.7 Å². The molecule has 0 aliphatic carbocycles. The van der Waals surface area contributed by atoms with Crippen molar-refractivity contribution in [3.8, 4) is 11.4 Å². The molecule has 2 aromatic rings. The quantitative estimate of drug-likeness (QED) is 0.656. The summed E-state index contributed by atoms with van der Waals surface area (Å²) in [6.07, 6.45) is 1.56. The van der Waals surface area contributed by atoms with E-state index in [1.165, 1.54) is 0 Å². The fourth-order valence-electron chi connectivity index (χ4n) is 3.94. The summed E-state index contributed by atoms with van der Waals surface area (Å²) in [5.41, 5.74) is 0.870. The monoisotopic (exact) mass is 434 g/mol. The van der Waals surface area contributed by atoms with Gasteiger partial charge in [0, 0.05) is 31.2 Å². The molecule has 0 saturated carbocycles. The van der Waals surface area contributed by atoms with Crippen molar-refractivity contribution in [2.45, 2.75) is 18.5 Å². The summed E-state index contributed by atoms with van der Waals surface area (Å²) < 4.78 is 31.5. The first-order valence-electron chi connectivity index (χ1n) is 9.93. The highest BCUT2D eigenvalue weighted by molar-refractivity contribution is 7.88. The second kappa shape index (κ2) is 8.80. The Balaban J connectivity index is 1.54. The Morgan fingerprint density at radius 2 is 2.00 bits per heavy atom. The second-order valence-electron chi connectivity index (χ2n) is 7.68. The van der Waals surface area contributed by atoms with E-state index in [1.807, 2.05) is 30.3 Å². The van der Waals surface area contributed by atoms with Crippen LogP contribution in [0.1, 0.15) is 18.3 Å². The number of carbonyl (C=O) groups is 1. The fourth-order valence-corrected chi connectivity index (χ4v) is 4.72. The van der Waals surface area contributed by atoms with E-state index in [1.54, 1.807) is 4.90 Å². The van der Waals surface area contributed by atoms with E-state index in [0.717, 1.165) is 11.8 Å². The smallest absolute Gasteiger partial charge is 0.237 e. The molecule has 30 heavy (non-hydrogen) atoms. The average Bonchev–Trinajstić information content (AvgIpc) is 3.35. The van der Waals surface area contributed by atoms with Crippen LogP contribution in [0, 0.1) is 0 Å². The number of sulfonamides is 1. The molecule has 11 heteroatoms. The SMILES string of the molecule is CS(=O)(=O)N[C@H]1C[C@@H](c2nc(-c3ccccc3)n[nH]2)N(C(=O)CN2CCOCC2)C1. The molecule has 10 nitrogen and oxygen atoms in total. The number of aromatic nitrogens is 3. The first-order chi connectivity index (χ1) is 14.4. The van der Waals surface area contributed by atoms with Gasteiger partial charge in [0.2, 0.25) is 15.9 Å². The molecule has 3 heterocycles. The average molecular weight is 435 g/mol. The summed E-state index contributed by atoms with van der Waals surface area (Å²) in [6.45, 7) is 3.19. The molecule has 1 amide bonds. The minimum Gasteiger partial charge on any atom is -0.379 e. The number of amides is 1. The zero-order valence-corrected chi connectivity index (χ0v) is 17.6. The van der Waals surface area contributed by atoms with Crippen LogP contribution in [0.3, 0.4) is 0 Å². The number of hydrogen-bond donors (Lipinski definition) is 2. The molecule has 0 bridgehead atoms. The second-order valence-corrected chi connectivity index (χ2v) is 9.46. The van der Waals surface area contributed by atoms with E-state index in [4.69, 9.17) is 4.74 Å². The largest absolute Gasteiger partial charge is 0.379 e. The van der Waals surface area contributed by atoms with Gasteiger partial charge in [-0.25, -0.2) is 18.1 Å². The Morgan fingerprint density at radius 3 is 2.70 bits per heavy atom. The standard InChI is InChI=1S/C19H26N6O4S/c1-30(27,28)23-15-11-16(19-20-18(21-22-19)14-5-3-2-4-6-14)25(12-15)17(26)13-24-7-9-29-10-8-24/h2-6,15-16,23H,7-13H2,1H3,(H,20,21,22)/t15-,16-/m0/s1. The Labute approximate surface area is 175 Å². The highest BCUT2D eigenvalue weighted by Crippen LogP contribution is 2.31. The molecular formula is C19H26N6O4S. The highest BCUT2D eigenvalue weighted by Gasteiger charge is 2.39. The number of rotatable bonds is 6. The summed E-state index contributed by atoms with van der Waals surface area (Å²) in [5, 5.41) is 7.25. The molecule has 2 aliphatic heterocycles. The normalized spacial score (nSPS) is 23.0. The third-order valence-electron chi connectivity index (χ3n) is 5.32. The molecule has 0 spiro atoms. The Morgan fingerprint density at radius 1 is 1.27 bits per heavy atom. The summed E-state index contributed by atoms with van der Waals surface area (Å²) in [6, 6.07) is 8.82. The van der Waals surface area contributed by atoms with E-state index >= 15 is 0 Å². The molecule has 0 radical (unpaired) electrons. The van der Waals surface area contributed by atoms with Gasteiger partial charge >= 0.3 is 0 Å². The van der Waals surface area contributed by atoms with Crippen molar-refractivity contribution in [1.29, 1.82) is 0 Å². The summed E-state index contributed by atoms with van der Waals surface area (Å²) >= 11 is 0. The molecule has 2 N–H and O–H groups in total. The molecule has 2 aliphatic rings. The maximum Gasteiger partial charge on any atom is 0.237 e. The van der Waals surface area contributed by atoms with Crippen molar-refractivity contribution >= 4 is 15.9 Å². The van der Waals surface area contributed by atoms with Gasteiger partial charge in [0.15, 0.2) is 5.82 Å². The molecule has 2 fully saturated rings. The van der Waals surface area contributed by atoms with Crippen molar-refractivity contribution < 1.29 is 17.9 Å². The van der Waals surface area contributed by atoms with Crippen LogP contribution in [0.2, 0.25) is 0 Å². The van der Waals surface area contributed by atoms with Crippen LogP contribution in [-0.2, 0) is 19.6 Å². The van der Waals surface area contributed by atoms with Gasteiger partial charge in [0.25, 0.3) is 0 Å². The van der Waals surface area contributed by atoms with E-state index in [2.05, 4.69) is 24.8 Å². The van der Waals surface area contributed by atoms with Gasteiger partial charge in [-0.2, -0.15) is 5.10 Å². The number of likely N-dealkylation sites (tertiary alicyclic amines) is 1. The summed E-state index contributed by atoms with van der Waals surface area (Å²) in [4.78, 5) is 21.4. The van der Waals surface area contributed by atoms with Gasteiger partial charge in [0.05, 0.1) is 32.1 Å². The van der Waals surface area contributed by atoms with Gasteiger partial charge in [-0.05, 0) is 6.42 Å². The number of carbonyl (C=O) groups excluding carboxylic acids is 1. The van der Waals surface area contributed by atoms with Crippen molar-refractivity contribution in [3.05, 3.63) is 36.2 Å². The minimum absolute atomic E-state index is 0.0580. The van der Waals surface area contributed by atoms with Crippen molar-refractivity contribution in [2.75, 3.05) is 45.6 Å². The van der Waals surface area contributed by atoms with Gasteiger partial charge in [-0.1, -0.05) is 30.3 Å². The van der Waals surface area contributed by atoms with Crippen LogP contribution in [-0.4, -0.2) is 91.0 Å². The molecule has 2 saturated heterocycles. The summed E-state index contributed by atoms with van der Waals surface area (Å²) in [7, 11) is -3.39. The zero-order chi connectivity index (χ0) is 21.1. The van der Waals surface area contributed by atoms with Crippen molar-refractivity contribution in [2.24, 2.45) is 0 Å². The number of hydrogen-bond acceptors (Lipinski definition) is 7. The first kappa shape index (κ1) is 20.9. The Kier molecular flexibility index (Phi) is 6.14. The molecule has 162 valence electrons. The minimum atomic E-state index is -3.39. The summed E-state index contributed by atoms with van der Waals surface area (Å²) in [5.74, 6) is 1.05. The lowest BCUT2D eigenvalue weighted by Gasteiger charge is -2.29. The number of benzene rings is 1. The Bertz CT molecular complexity index is 974. The van der Waals surface area contributed by atoms with E-state index in [-0.39, 0.29) is 24.5 Å². The van der Waals surface area contributed by atoms with Crippen LogP contribution < -0.4 is 4.72 Å². The highest BCUT2D eigenvalue weighted by atomic mass is 32.2. The van der Waals surface area contributed by atoms with Crippen LogP contribution in [0.5, 0.6) is 0 Å². The van der Waals surface area contributed by atoms with Crippen LogP contribution in [0.15, 0.2) is 30.3 Å². The third kappa shape index (κ3) is 5.04. The molecule has 1 aromatic heterocycles. The lowest BCUT2D eigenvalue weighted by molar-refractivity contribution is -0.134. The Hall–Kier alpha value is -2.34. The molecule has 0 unspecified atom stereocenters. The molecule has 4 rings (SSSR count). The topological polar surface area (TPSA) is 121 Å². The van der Waals surface area contributed by atoms with Crippen LogP contribution >= 0.6 is 0 Å². The maximum absolute atomic E-state index is 13.1. The van der Waals surface area contributed by atoms with Gasteiger partial charge in [-0.15, -0.1) is 0 Å². The number of morpholine rings is 1. The number of nitrogens with one attached hydrogen (secondary N) is 2. The van der Waals surface area contributed by atoms with E-state index in [9.17, 15) is 13.2 Å². The predicted octanol–water partition coefficient (Wildman–Crippen LogP) is -0.00490. The lowest BCUT2D eigenvalue weighted by atomic mass is 10.1. The number of aromatic amines is 1. The van der Waals surface area contributed by atoms with E-state index < -0.39 is 10.0 Å². The van der Waals surface area contributed by atoms with E-state index in [0.29, 0.717) is 50.9 Å². The fraction of sp³-hybridized carbons (Fsp3) is 0.526. The number of nitrogens with zero attached hydrogens (tertiary/aromatic N) is 4. The molecule has 2 atom stereocenters. The van der Waals surface area contributed by atoms with Gasteiger partial charge < -0.3 is 9.64 Å². The van der Waals surface area contributed by atoms with Crippen LogP contribution in [0.4, 0.5) is 0 Å². The lowest BCUT2D eigenvalue weighted by Crippen LogP contribution is -2.45. The number of ether oxygens (including phenoxy) is 1. The predicted molar refractivity (Wildman–Crippen MR) is 110 cm³/mol. The van der Waals surface area contributed by atoms with Gasteiger partial charge in [-0.3, -0.25) is 14.8 Å². The van der Waals surface area contributed by atoms with Gasteiger partial charge in [0.1, 0.15) is 5.82 Å². The number of H-pyrrole nitrogens is 1. The zero-order valence-electron chi connectivity index (χ0n) is 16.8. The molecular weight excluding hydrogens is 408 g/mol. The van der Waals surface area contributed by atoms with Crippen molar-refractivity contribution in [3.63, 3.8) is 0 Å². The maximum atomic E-state index is 13.1. The van der Waals surface area contributed by atoms with Crippen LogP contribution in [0.25, 0.3) is 11.4 Å². The first-order valence-corrected chi connectivity index (χ1v) is 11.8.